The summed E-state index contributed by atoms with van der Waals surface area (Å²) in [5, 5.41) is 14.8. The van der Waals surface area contributed by atoms with Crippen LogP contribution in [0.4, 0.5) is 0 Å². The molecule has 9 heteroatoms. The first-order valence-corrected chi connectivity index (χ1v) is 10.6. The van der Waals surface area contributed by atoms with Gasteiger partial charge in [-0.15, -0.1) is 16.4 Å². The van der Waals surface area contributed by atoms with E-state index in [1.807, 2.05) is 26.8 Å². The molecule has 1 fully saturated rings. The molecule has 3 aromatic rings. The molecular formula is C20H24N6O2S. The lowest BCUT2D eigenvalue weighted by Crippen LogP contribution is -2.39. The highest BCUT2D eigenvalue weighted by Crippen LogP contribution is 2.27. The molecule has 1 aliphatic rings. The Morgan fingerprint density at radius 2 is 1.90 bits per heavy atom. The molecule has 0 unspecified atom stereocenters. The van der Waals surface area contributed by atoms with E-state index in [1.165, 1.54) is 11.3 Å². The van der Waals surface area contributed by atoms with E-state index in [-0.39, 0.29) is 23.6 Å². The van der Waals surface area contributed by atoms with E-state index in [9.17, 15) is 9.59 Å². The van der Waals surface area contributed by atoms with Gasteiger partial charge >= 0.3 is 0 Å². The van der Waals surface area contributed by atoms with E-state index in [2.05, 4.69) is 20.5 Å². The van der Waals surface area contributed by atoms with Gasteiger partial charge in [-0.05, 0) is 58.6 Å². The highest BCUT2D eigenvalue weighted by atomic mass is 32.1. The van der Waals surface area contributed by atoms with Crippen molar-refractivity contribution in [2.24, 2.45) is 0 Å². The molecule has 1 amide bonds. The van der Waals surface area contributed by atoms with Crippen LogP contribution in [0.2, 0.25) is 0 Å². The van der Waals surface area contributed by atoms with Gasteiger partial charge in [-0.1, -0.05) is 0 Å². The largest absolute Gasteiger partial charge is 0.348 e. The topological polar surface area (TPSA) is 94.7 Å². The molecule has 0 aliphatic heterocycles. The maximum atomic E-state index is 12.4. The number of nitrogens with one attached hydrogen (secondary N) is 1. The van der Waals surface area contributed by atoms with Crippen molar-refractivity contribution in [3.05, 3.63) is 56.0 Å². The summed E-state index contributed by atoms with van der Waals surface area (Å²) in [4.78, 5) is 29.0. The van der Waals surface area contributed by atoms with Crippen LogP contribution >= 0.6 is 11.3 Å². The molecule has 29 heavy (non-hydrogen) atoms. The minimum Gasteiger partial charge on any atom is -0.348 e. The van der Waals surface area contributed by atoms with E-state index < -0.39 is 0 Å². The molecule has 1 aliphatic carbocycles. The minimum absolute atomic E-state index is 0.0223. The van der Waals surface area contributed by atoms with Gasteiger partial charge < -0.3 is 5.32 Å². The standard InChI is InChI=1S/C20H24N6O2S/c1-12-10-13(2)25(23-12)18-8-9-19(27)26(24-18)16-6-4-15(5-7-16)22-20(28)17-11-29-14(3)21-17/h8-11,15-16H,4-7H2,1-3H3,(H,22,28). The molecule has 1 N–H and O–H groups in total. The van der Waals surface area contributed by atoms with Gasteiger partial charge in [-0.2, -0.15) is 5.10 Å². The first-order chi connectivity index (χ1) is 13.9. The minimum atomic E-state index is -0.125. The number of hydrogen-bond donors (Lipinski definition) is 1. The zero-order valence-electron chi connectivity index (χ0n) is 16.8. The molecule has 8 nitrogen and oxygen atoms in total. The highest BCUT2D eigenvalue weighted by molar-refractivity contribution is 7.09. The molecule has 3 heterocycles. The van der Waals surface area contributed by atoms with E-state index in [4.69, 9.17) is 0 Å². The van der Waals surface area contributed by atoms with Crippen molar-refractivity contribution in [2.45, 2.75) is 58.5 Å². The average Bonchev–Trinajstić information content (AvgIpc) is 3.28. The quantitative estimate of drug-likeness (QED) is 0.711. The van der Waals surface area contributed by atoms with Crippen molar-refractivity contribution in [1.82, 2.24) is 29.9 Å². The molecule has 0 saturated heterocycles. The maximum Gasteiger partial charge on any atom is 0.270 e. The molecule has 0 atom stereocenters. The lowest BCUT2D eigenvalue weighted by Gasteiger charge is -2.29. The van der Waals surface area contributed by atoms with Gasteiger partial charge in [0.2, 0.25) is 0 Å². The van der Waals surface area contributed by atoms with Crippen molar-refractivity contribution in [1.29, 1.82) is 0 Å². The van der Waals surface area contributed by atoms with Crippen LogP contribution < -0.4 is 10.9 Å². The SMILES string of the molecule is Cc1cc(C)n(-c2ccc(=O)n(C3CCC(NC(=O)c4csc(C)n4)CC3)n2)n1. The zero-order chi connectivity index (χ0) is 20.5. The van der Waals surface area contributed by atoms with Gasteiger partial charge in [-0.3, -0.25) is 9.59 Å². The number of aromatic nitrogens is 5. The first-order valence-electron chi connectivity index (χ1n) is 9.77. The van der Waals surface area contributed by atoms with Crippen LogP contribution in [0.1, 0.15) is 58.6 Å². The van der Waals surface area contributed by atoms with Gasteiger partial charge in [-0.25, -0.2) is 14.3 Å². The summed E-state index contributed by atoms with van der Waals surface area (Å²) in [6, 6.07) is 5.36. The Balaban J connectivity index is 1.44. The van der Waals surface area contributed by atoms with E-state index in [0.29, 0.717) is 11.5 Å². The second-order valence-electron chi connectivity index (χ2n) is 7.54. The summed E-state index contributed by atoms with van der Waals surface area (Å²) >= 11 is 1.47. The van der Waals surface area contributed by atoms with Crippen LogP contribution in [-0.2, 0) is 0 Å². The number of thiazole rings is 1. The Morgan fingerprint density at radius 1 is 1.14 bits per heavy atom. The summed E-state index contributed by atoms with van der Waals surface area (Å²) in [5.74, 6) is 0.518. The number of aryl methyl sites for hydroxylation is 3. The van der Waals surface area contributed by atoms with E-state index >= 15 is 0 Å². The van der Waals surface area contributed by atoms with Gasteiger partial charge in [0, 0.05) is 23.2 Å². The van der Waals surface area contributed by atoms with Gasteiger partial charge in [0.05, 0.1) is 16.7 Å². The third-order valence-electron chi connectivity index (χ3n) is 5.27. The Hall–Kier alpha value is -2.81. The third kappa shape index (κ3) is 4.14. The fourth-order valence-electron chi connectivity index (χ4n) is 3.84. The Morgan fingerprint density at radius 3 is 2.52 bits per heavy atom. The molecule has 152 valence electrons. The van der Waals surface area contributed by atoms with Crippen molar-refractivity contribution in [3.63, 3.8) is 0 Å². The van der Waals surface area contributed by atoms with Crippen LogP contribution in [0.5, 0.6) is 0 Å². The fraction of sp³-hybridized carbons (Fsp3) is 0.450. The summed E-state index contributed by atoms with van der Waals surface area (Å²) in [6.45, 7) is 5.79. The lowest BCUT2D eigenvalue weighted by molar-refractivity contribution is 0.0917. The zero-order valence-corrected chi connectivity index (χ0v) is 17.6. The van der Waals surface area contributed by atoms with Crippen molar-refractivity contribution < 1.29 is 4.79 Å². The normalized spacial score (nSPS) is 19.3. The summed E-state index contributed by atoms with van der Waals surface area (Å²) in [5.41, 5.74) is 2.25. The van der Waals surface area contributed by atoms with Crippen LogP contribution in [0.15, 0.2) is 28.4 Å². The monoisotopic (exact) mass is 412 g/mol. The second kappa shape index (κ2) is 7.90. The predicted molar refractivity (Wildman–Crippen MR) is 111 cm³/mol. The Kier molecular flexibility index (Phi) is 5.31. The smallest absolute Gasteiger partial charge is 0.270 e. The van der Waals surface area contributed by atoms with Gasteiger partial charge in [0.15, 0.2) is 5.82 Å². The molecule has 0 spiro atoms. The van der Waals surface area contributed by atoms with Crippen LogP contribution in [-0.4, -0.2) is 36.5 Å². The first kappa shape index (κ1) is 19.5. The van der Waals surface area contributed by atoms with Gasteiger partial charge in [0.1, 0.15) is 5.69 Å². The van der Waals surface area contributed by atoms with Gasteiger partial charge in [0.25, 0.3) is 11.5 Å². The molecule has 3 aromatic heterocycles. The maximum absolute atomic E-state index is 12.4. The molecule has 4 rings (SSSR count). The molecule has 0 aromatic carbocycles. The van der Waals surface area contributed by atoms with E-state index in [0.717, 1.165) is 42.1 Å². The number of rotatable bonds is 4. The number of nitrogens with zero attached hydrogens (tertiary/aromatic N) is 5. The average molecular weight is 413 g/mol. The highest BCUT2D eigenvalue weighted by Gasteiger charge is 2.26. The summed E-state index contributed by atoms with van der Waals surface area (Å²) in [7, 11) is 0. The second-order valence-corrected chi connectivity index (χ2v) is 8.61. The molecular weight excluding hydrogens is 388 g/mol. The van der Waals surface area contributed by atoms with Crippen molar-refractivity contribution in [3.8, 4) is 5.82 Å². The molecule has 1 saturated carbocycles. The van der Waals surface area contributed by atoms with Crippen LogP contribution in [0.25, 0.3) is 5.82 Å². The predicted octanol–water partition coefficient (Wildman–Crippen LogP) is 2.72. The summed E-state index contributed by atoms with van der Waals surface area (Å²) in [6.07, 6.45) is 3.18. The van der Waals surface area contributed by atoms with Crippen molar-refractivity contribution >= 4 is 17.2 Å². The van der Waals surface area contributed by atoms with E-state index in [1.54, 1.807) is 26.9 Å². The third-order valence-corrected chi connectivity index (χ3v) is 6.04. The molecule has 0 radical (unpaired) electrons. The van der Waals surface area contributed by atoms with Crippen LogP contribution in [0, 0.1) is 20.8 Å². The Labute approximate surface area is 172 Å². The number of hydrogen-bond acceptors (Lipinski definition) is 6. The van der Waals surface area contributed by atoms with Crippen LogP contribution in [0.3, 0.4) is 0 Å². The number of amides is 1. The number of carbonyl (C=O) groups excluding carboxylic acids is 1. The van der Waals surface area contributed by atoms with Crippen molar-refractivity contribution in [2.75, 3.05) is 0 Å². The fourth-order valence-corrected chi connectivity index (χ4v) is 4.44. The lowest BCUT2D eigenvalue weighted by atomic mass is 9.91. The Bertz CT molecular complexity index is 1090. The molecule has 0 bridgehead atoms. The summed E-state index contributed by atoms with van der Waals surface area (Å²) < 4.78 is 3.33. The number of carbonyl (C=O) groups is 1.